The molecule has 0 aliphatic carbocycles. The molecule has 0 fully saturated rings. The van der Waals surface area contributed by atoms with Gasteiger partial charge in [0, 0.05) is 4.83 Å². The molecule has 72 valence electrons. The summed E-state index contributed by atoms with van der Waals surface area (Å²) in [6, 6.07) is 6.97. The van der Waals surface area contributed by atoms with Gasteiger partial charge in [0.15, 0.2) is 0 Å². The molecule has 13 heavy (non-hydrogen) atoms. The van der Waals surface area contributed by atoms with Gasteiger partial charge in [-0.25, -0.2) is 4.79 Å². The molecule has 1 aromatic rings. The summed E-state index contributed by atoms with van der Waals surface area (Å²) in [6.45, 7) is 1.90. The number of alkyl halides is 1. The van der Waals surface area contributed by atoms with Gasteiger partial charge in [0.1, 0.15) is 0 Å². The van der Waals surface area contributed by atoms with Crippen molar-refractivity contribution in [1.82, 2.24) is 0 Å². The molecule has 0 radical (unpaired) electrons. The van der Waals surface area contributed by atoms with Crippen molar-refractivity contribution in [2.75, 3.05) is 0 Å². The van der Waals surface area contributed by atoms with Gasteiger partial charge in [-0.15, -0.1) is 12.4 Å². The molecular formula is C9H10BrClO2. The van der Waals surface area contributed by atoms with Gasteiger partial charge in [0.25, 0.3) is 0 Å². The third kappa shape index (κ3) is 3.01. The quantitative estimate of drug-likeness (QED) is 0.833. The van der Waals surface area contributed by atoms with E-state index in [9.17, 15) is 4.79 Å². The number of carbonyl (C=O) groups is 1. The number of aromatic carboxylic acids is 1. The molecule has 1 N–H and O–H groups in total. The van der Waals surface area contributed by atoms with Crippen molar-refractivity contribution in [2.45, 2.75) is 11.8 Å². The predicted octanol–water partition coefficient (Wildman–Crippen LogP) is 3.26. The summed E-state index contributed by atoms with van der Waals surface area (Å²) in [5.41, 5.74) is 1.17. The highest BCUT2D eigenvalue weighted by Crippen LogP contribution is 2.24. The summed E-state index contributed by atoms with van der Waals surface area (Å²) in [5.74, 6) is -0.878. The molecule has 1 aromatic carbocycles. The molecular weight excluding hydrogens is 255 g/mol. The lowest BCUT2D eigenvalue weighted by Crippen LogP contribution is -2.01. The molecule has 0 spiro atoms. The van der Waals surface area contributed by atoms with Crippen molar-refractivity contribution in [1.29, 1.82) is 0 Å². The van der Waals surface area contributed by atoms with Crippen LogP contribution in [-0.2, 0) is 0 Å². The van der Waals surface area contributed by atoms with Crippen LogP contribution in [0.25, 0.3) is 0 Å². The second-order valence-electron chi connectivity index (χ2n) is 2.51. The molecule has 0 saturated carbocycles. The topological polar surface area (TPSA) is 37.3 Å². The van der Waals surface area contributed by atoms with Gasteiger partial charge in [-0.2, -0.15) is 0 Å². The third-order valence-electron chi connectivity index (χ3n) is 1.62. The smallest absolute Gasteiger partial charge is 0.336 e. The van der Waals surface area contributed by atoms with Gasteiger partial charge in [-0.1, -0.05) is 34.1 Å². The fourth-order valence-electron chi connectivity index (χ4n) is 1.04. The molecule has 0 saturated heterocycles. The van der Waals surface area contributed by atoms with Crippen molar-refractivity contribution >= 4 is 34.3 Å². The molecule has 0 aliphatic rings. The van der Waals surface area contributed by atoms with E-state index in [0.717, 1.165) is 5.56 Å². The summed E-state index contributed by atoms with van der Waals surface area (Å²) in [7, 11) is 0. The maximum Gasteiger partial charge on any atom is 0.336 e. The van der Waals surface area contributed by atoms with Crippen LogP contribution in [-0.4, -0.2) is 11.1 Å². The van der Waals surface area contributed by atoms with Gasteiger partial charge in [-0.05, 0) is 18.6 Å². The molecule has 1 atom stereocenters. The van der Waals surface area contributed by atoms with Crippen molar-refractivity contribution in [2.24, 2.45) is 0 Å². The second kappa shape index (κ2) is 5.25. The van der Waals surface area contributed by atoms with Crippen LogP contribution in [0.2, 0.25) is 0 Å². The van der Waals surface area contributed by atoms with E-state index in [2.05, 4.69) is 15.9 Å². The Morgan fingerprint density at radius 3 is 2.38 bits per heavy atom. The van der Waals surface area contributed by atoms with Crippen LogP contribution in [0.15, 0.2) is 24.3 Å². The van der Waals surface area contributed by atoms with E-state index in [1.165, 1.54) is 0 Å². The zero-order valence-corrected chi connectivity index (χ0v) is 9.43. The lowest BCUT2D eigenvalue weighted by Gasteiger charge is -2.06. The lowest BCUT2D eigenvalue weighted by molar-refractivity contribution is 0.0695. The average Bonchev–Trinajstić information content (AvgIpc) is 2.04. The summed E-state index contributed by atoms with van der Waals surface area (Å²) in [4.78, 5) is 10.8. The minimum absolute atomic E-state index is 0. The Bertz CT molecular complexity index is 299. The number of benzene rings is 1. The molecule has 0 amide bonds. The number of hydrogen-bond donors (Lipinski definition) is 1. The van der Waals surface area contributed by atoms with Crippen molar-refractivity contribution in [3.8, 4) is 0 Å². The summed E-state index contributed by atoms with van der Waals surface area (Å²) in [6.07, 6.45) is 0. The fraction of sp³-hybridized carbons (Fsp3) is 0.222. The van der Waals surface area contributed by atoms with E-state index in [0.29, 0.717) is 5.56 Å². The highest BCUT2D eigenvalue weighted by atomic mass is 79.9. The van der Waals surface area contributed by atoms with E-state index in [4.69, 9.17) is 5.11 Å². The fourth-order valence-corrected chi connectivity index (χ4v) is 1.44. The van der Waals surface area contributed by atoms with Crippen LogP contribution in [0, 0.1) is 0 Å². The molecule has 0 aliphatic heterocycles. The van der Waals surface area contributed by atoms with Gasteiger partial charge >= 0.3 is 5.97 Å². The Hall–Kier alpha value is -0.540. The van der Waals surface area contributed by atoms with Gasteiger partial charge in [-0.3, -0.25) is 0 Å². The van der Waals surface area contributed by atoms with Gasteiger partial charge in [0.2, 0.25) is 0 Å². The normalized spacial score (nSPS) is 11.5. The maximum atomic E-state index is 10.7. The number of carboxylic acids is 1. The van der Waals surface area contributed by atoms with E-state index in [-0.39, 0.29) is 17.2 Å². The lowest BCUT2D eigenvalue weighted by atomic mass is 10.1. The monoisotopic (exact) mass is 264 g/mol. The van der Waals surface area contributed by atoms with Crippen LogP contribution in [0.5, 0.6) is 0 Å². The molecule has 2 nitrogen and oxygen atoms in total. The highest BCUT2D eigenvalue weighted by molar-refractivity contribution is 9.09. The Morgan fingerprint density at radius 2 is 2.00 bits per heavy atom. The zero-order chi connectivity index (χ0) is 9.14. The Kier molecular flexibility index (Phi) is 5.03. The highest BCUT2D eigenvalue weighted by Gasteiger charge is 2.11. The number of hydrogen-bond acceptors (Lipinski definition) is 1. The summed E-state index contributed by atoms with van der Waals surface area (Å²) in [5, 5.41) is 8.79. The zero-order valence-electron chi connectivity index (χ0n) is 7.03. The van der Waals surface area contributed by atoms with Crippen LogP contribution in [0.1, 0.15) is 27.7 Å². The van der Waals surface area contributed by atoms with Crippen molar-refractivity contribution in [3.63, 3.8) is 0 Å². The molecule has 0 aromatic heterocycles. The first-order valence-electron chi connectivity index (χ1n) is 3.59. The predicted molar refractivity (Wildman–Crippen MR) is 58.0 cm³/mol. The number of rotatable bonds is 2. The molecule has 4 heteroatoms. The largest absolute Gasteiger partial charge is 0.478 e. The third-order valence-corrected chi connectivity index (χ3v) is 2.11. The van der Waals surface area contributed by atoms with E-state index >= 15 is 0 Å². The molecule has 1 rings (SSSR count). The first kappa shape index (κ1) is 12.5. The SMILES string of the molecule is CC(Br)c1ccccc1C(=O)O.Cl. The summed E-state index contributed by atoms with van der Waals surface area (Å²) >= 11 is 3.34. The molecule has 0 heterocycles. The number of halogens is 2. The molecule has 1 unspecified atom stereocenters. The minimum atomic E-state index is -0.878. The average molecular weight is 266 g/mol. The van der Waals surface area contributed by atoms with Crippen LogP contribution < -0.4 is 0 Å². The standard InChI is InChI=1S/C9H9BrO2.ClH/c1-6(10)7-4-2-3-5-8(7)9(11)12;/h2-6H,1H3,(H,11,12);1H. The Labute approximate surface area is 91.5 Å². The maximum absolute atomic E-state index is 10.7. The number of carboxylic acid groups (broad SMARTS) is 1. The van der Waals surface area contributed by atoms with E-state index < -0.39 is 5.97 Å². The summed E-state index contributed by atoms with van der Waals surface area (Å²) < 4.78 is 0. The second-order valence-corrected chi connectivity index (χ2v) is 3.88. The minimum Gasteiger partial charge on any atom is -0.478 e. The van der Waals surface area contributed by atoms with Crippen molar-refractivity contribution < 1.29 is 9.90 Å². The van der Waals surface area contributed by atoms with Gasteiger partial charge in [0.05, 0.1) is 5.56 Å². The van der Waals surface area contributed by atoms with Crippen LogP contribution >= 0.6 is 28.3 Å². The first-order chi connectivity index (χ1) is 5.63. The van der Waals surface area contributed by atoms with Crippen LogP contribution in [0.4, 0.5) is 0 Å². The van der Waals surface area contributed by atoms with Crippen molar-refractivity contribution in [3.05, 3.63) is 35.4 Å². The van der Waals surface area contributed by atoms with E-state index in [1.54, 1.807) is 12.1 Å². The Balaban J connectivity index is 0.00000144. The van der Waals surface area contributed by atoms with Crippen LogP contribution in [0.3, 0.4) is 0 Å². The molecule has 0 bridgehead atoms. The van der Waals surface area contributed by atoms with E-state index in [1.807, 2.05) is 19.1 Å². The first-order valence-corrected chi connectivity index (χ1v) is 4.51. The van der Waals surface area contributed by atoms with Gasteiger partial charge < -0.3 is 5.11 Å². The Morgan fingerprint density at radius 1 is 1.46 bits per heavy atom.